The van der Waals surface area contributed by atoms with Crippen LogP contribution in [0.4, 0.5) is 0 Å². The Labute approximate surface area is 203 Å². The lowest BCUT2D eigenvalue weighted by Gasteiger charge is -2.42. The molecule has 3 aromatic rings. The number of aromatic nitrogens is 2. The van der Waals surface area contributed by atoms with Crippen molar-refractivity contribution in [2.75, 3.05) is 19.6 Å². The van der Waals surface area contributed by atoms with E-state index in [9.17, 15) is 9.59 Å². The molecular formula is C26H28N4O3S. The maximum atomic E-state index is 13.0. The molecule has 1 atom stereocenters. The molecule has 1 aliphatic carbocycles. The van der Waals surface area contributed by atoms with Crippen molar-refractivity contribution < 1.29 is 14.0 Å². The second-order valence-electron chi connectivity index (χ2n) is 8.94. The number of carbonyl (C=O) groups is 2. The molecule has 0 N–H and O–H groups in total. The van der Waals surface area contributed by atoms with Gasteiger partial charge in [-0.05, 0) is 44.0 Å². The number of furan rings is 1. The van der Waals surface area contributed by atoms with E-state index in [4.69, 9.17) is 4.42 Å². The van der Waals surface area contributed by atoms with E-state index >= 15 is 0 Å². The van der Waals surface area contributed by atoms with E-state index in [0.29, 0.717) is 36.9 Å². The third-order valence-corrected chi connectivity index (χ3v) is 7.54. The van der Waals surface area contributed by atoms with Crippen molar-refractivity contribution in [2.45, 2.75) is 43.0 Å². The molecule has 1 saturated heterocycles. The van der Waals surface area contributed by atoms with Gasteiger partial charge in [0.25, 0.3) is 5.91 Å². The molecule has 0 spiro atoms. The Morgan fingerprint density at radius 2 is 1.85 bits per heavy atom. The Kier molecular flexibility index (Phi) is 6.67. The minimum atomic E-state index is -0.120. The SMILES string of the molecule is CC1CN(C(=O)c2ccc(CSc3ccc(-c4ccccc4)nn3)o2)CCN1C(=O)C1CCC1. The van der Waals surface area contributed by atoms with Crippen LogP contribution >= 0.6 is 11.8 Å². The number of rotatable bonds is 6. The average Bonchev–Trinajstić information content (AvgIpc) is 3.31. The number of hydrogen-bond acceptors (Lipinski definition) is 6. The van der Waals surface area contributed by atoms with Crippen LogP contribution in [-0.4, -0.2) is 57.5 Å². The van der Waals surface area contributed by atoms with E-state index < -0.39 is 0 Å². The van der Waals surface area contributed by atoms with Gasteiger partial charge in [0.2, 0.25) is 5.91 Å². The summed E-state index contributed by atoms with van der Waals surface area (Å²) in [5.41, 5.74) is 1.86. The first-order valence-electron chi connectivity index (χ1n) is 11.8. The number of piperazine rings is 1. The first-order chi connectivity index (χ1) is 16.6. The molecule has 0 bridgehead atoms. The Hall–Kier alpha value is -3.13. The molecule has 2 fully saturated rings. The molecular weight excluding hydrogens is 448 g/mol. The number of nitrogens with zero attached hydrogens (tertiary/aromatic N) is 4. The predicted molar refractivity (Wildman–Crippen MR) is 130 cm³/mol. The van der Waals surface area contributed by atoms with Crippen LogP contribution in [0.25, 0.3) is 11.3 Å². The molecule has 5 rings (SSSR count). The number of benzene rings is 1. The smallest absolute Gasteiger partial charge is 0.289 e. The van der Waals surface area contributed by atoms with Crippen molar-refractivity contribution in [3.05, 3.63) is 66.1 Å². The summed E-state index contributed by atoms with van der Waals surface area (Å²) < 4.78 is 5.85. The first kappa shape index (κ1) is 22.7. The monoisotopic (exact) mass is 476 g/mol. The summed E-state index contributed by atoms with van der Waals surface area (Å²) in [6, 6.07) is 17.4. The highest BCUT2D eigenvalue weighted by Gasteiger charge is 2.36. The normalized spacial score (nSPS) is 18.6. The summed E-state index contributed by atoms with van der Waals surface area (Å²) in [6.45, 7) is 3.68. The molecule has 176 valence electrons. The fraction of sp³-hybridized carbons (Fsp3) is 0.385. The summed E-state index contributed by atoms with van der Waals surface area (Å²) in [6.07, 6.45) is 3.15. The minimum Gasteiger partial charge on any atom is -0.455 e. The molecule has 1 saturated carbocycles. The fourth-order valence-electron chi connectivity index (χ4n) is 4.39. The molecule has 8 heteroatoms. The molecule has 1 aromatic carbocycles. The highest BCUT2D eigenvalue weighted by molar-refractivity contribution is 7.98. The summed E-state index contributed by atoms with van der Waals surface area (Å²) >= 11 is 1.52. The number of thioether (sulfide) groups is 1. The van der Waals surface area contributed by atoms with Gasteiger partial charge in [0.05, 0.1) is 11.4 Å². The van der Waals surface area contributed by atoms with Crippen LogP contribution in [0.15, 0.2) is 64.0 Å². The molecule has 1 unspecified atom stereocenters. The second-order valence-corrected chi connectivity index (χ2v) is 9.93. The van der Waals surface area contributed by atoms with Crippen molar-refractivity contribution >= 4 is 23.6 Å². The maximum absolute atomic E-state index is 13.0. The first-order valence-corrected chi connectivity index (χ1v) is 12.8. The van der Waals surface area contributed by atoms with E-state index in [1.807, 2.05) is 60.4 Å². The summed E-state index contributed by atoms with van der Waals surface area (Å²) in [5.74, 6) is 1.94. The van der Waals surface area contributed by atoms with Crippen LogP contribution in [0.3, 0.4) is 0 Å². The van der Waals surface area contributed by atoms with Crippen LogP contribution in [0.1, 0.15) is 42.5 Å². The molecule has 7 nitrogen and oxygen atoms in total. The lowest BCUT2D eigenvalue weighted by atomic mass is 9.84. The van der Waals surface area contributed by atoms with Gasteiger partial charge < -0.3 is 14.2 Å². The highest BCUT2D eigenvalue weighted by atomic mass is 32.2. The van der Waals surface area contributed by atoms with E-state index in [0.717, 1.165) is 35.5 Å². The number of carbonyl (C=O) groups excluding carboxylic acids is 2. The van der Waals surface area contributed by atoms with Crippen molar-refractivity contribution in [1.29, 1.82) is 0 Å². The van der Waals surface area contributed by atoms with Crippen molar-refractivity contribution in [1.82, 2.24) is 20.0 Å². The van der Waals surface area contributed by atoms with Gasteiger partial charge in [0.1, 0.15) is 10.8 Å². The van der Waals surface area contributed by atoms with E-state index in [-0.39, 0.29) is 23.8 Å². The van der Waals surface area contributed by atoms with E-state index in [2.05, 4.69) is 10.2 Å². The topological polar surface area (TPSA) is 79.5 Å². The third-order valence-electron chi connectivity index (χ3n) is 6.60. The van der Waals surface area contributed by atoms with Gasteiger partial charge in [-0.1, -0.05) is 48.5 Å². The average molecular weight is 477 g/mol. The van der Waals surface area contributed by atoms with Gasteiger partial charge in [0.15, 0.2) is 5.76 Å². The Morgan fingerprint density at radius 1 is 1.03 bits per heavy atom. The Morgan fingerprint density at radius 3 is 2.53 bits per heavy atom. The van der Waals surface area contributed by atoms with E-state index in [1.54, 1.807) is 11.0 Å². The fourth-order valence-corrected chi connectivity index (χ4v) is 5.10. The highest BCUT2D eigenvalue weighted by Crippen LogP contribution is 2.30. The standard InChI is InChI=1S/C26H28N4O3S/c1-18-16-29(14-15-30(18)25(31)20-8-5-9-20)26(32)23-12-10-21(33-23)17-34-24-13-11-22(27-28-24)19-6-3-2-4-7-19/h2-4,6-7,10-13,18,20H,5,8-9,14-17H2,1H3. The van der Waals surface area contributed by atoms with Gasteiger partial charge in [-0.3, -0.25) is 9.59 Å². The molecule has 34 heavy (non-hydrogen) atoms. The number of hydrogen-bond donors (Lipinski definition) is 0. The van der Waals surface area contributed by atoms with Crippen LogP contribution in [0.5, 0.6) is 0 Å². The summed E-state index contributed by atoms with van der Waals surface area (Å²) in [5, 5.41) is 9.41. The molecule has 3 heterocycles. The Balaban J connectivity index is 1.14. The zero-order valence-corrected chi connectivity index (χ0v) is 20.0. The molecule has 2 aliphatic rings. The second kappa shape index (κ2) is 10.0. The minimum absolute atomic E-state index is 0.0215. The molecule has 2 amide bonds. The van der Waals surface area contributed by atoms with Crippen LogP contribution in [-0.2, 0) is 10.5 Å². The molecule has 2 aromatic heterocycles. The van der Waals surface area contributed by atoms with Crippen LogP contribution < -0.4 is 0 Å². The largest absolute Gasteiger partial charge is 0.455 e. The lowest BCUT2D eigenvalue weighted by molar-refractivity contribution is -0.142. The van der Waals surface area contributed by atoms with Gasteiger partial charge >= 0.3 is 0 Å². The van der Waals surface area contributed by atoms with Gasteiger partial charge in [-0.25, -0.2) is 0 Å². The van der Waals surface area contributed by atoms with Crippen LogP contribution in [0.2, 0.25) is 0 Å². The zero-order valence-electron chi connectivity index (χ0n) is 19.2. The van der Waals surface area contributed by atoms with E-state index in [1.165, 1.54) is 11.8 Å². The third kappa shape index (κ3) is 4.87. The van der Waals surface area contributed by atoms with Gasteiger partial charge in [-0.15, -0.1) is 10.2 Å². The lowest BCUT2D eigenvalue weighted by Crippen LogP contribution is -2.57. The summed E-state index contributed by atoms with van der Waals surface area (Å²) in [4.78, 5) is 29.3. The van der Waals surface area contributed by atoms with Crippen LogP contribution in [0, 0.1) is 5.92 Å². The Bertz CT molecular complexity index is 1140. The van der Waals surface area contributed by atoms with Crippen molar-refractivity contribution in [2.24, 2.45) is 5.92 Å². The number of amides is 2. The van der Waals surface area contributed by atoms with Gasteiger partial charge in [-0.2, -0.15) is 0 Å². The summed E-state index contributed by atoms with van der Waals surface area (Å²) in [7, 11) is 0. The predicted octanol–water partition coefficient (Wildman–Crippen LogP) is 4.50. The van der Waals surface area contributed by atoms with Gasteiger partial charge in [0, 0.05) is 37.2 Å². The van der Waals surface area contributed by atoms with Crippen molar-refractivity contribution in [3.8, 4) is 11.3 Å². The molecule has 0 radical (unpaired) electrons. The van der Waals surface area contributed by atoms with Crippen molar-refractivity contribution in [3.63, 3.8) is 0 Å². The maximum Gasteiger partial charge on any atom is 0.289 e. The molecule has 1 aliphatic heterocycles. The quantitative estimate of drug-likeness (QED) is 0.488. The zero-order chi connectivity index (χ0) is 23.5.